The molecule has 2 aliphatic heterocycles. The van der Waals surface area contributed by atoms with Crippen molar-refractivity contribution in [1.82, 2.24) is 34.7 Å². The van der Waals surface area contributed by atoms with Gasteiger partial charge in [-0.1, -0.05) is 36.4 Å². The van der Waals surface area contributed by atoms with Gasteiger partial charge in [0.2, 0.25) is 5.91 Å². The molecule has 18 heteroatoms. The molecule has 17 nitrogen and oxygen atoms in total. The quantitative estimate of drug-likeness (QED) is 0.0464. The molecule has 0 unspecified atom stereocenters. The van der Waals surface area contributed by atoms with Crippen LogP contribution in [0, 0.1) is 5.92 Å². The number of aryl methyl sites for hydroxylation is 1. The highest BCUT2D eigenvalue weighted by Gasteiger charge is 2.26. The van der Waals surface area contributed by atoms with Gasteiger partial charge in [-0.3, -0.25) is 9.59 Å². The SMILES string of the molecule is CCC(=O)N1CCOc2c(cc(-c3ccc(OC)c(OC)c3)cc2OC[C@H]2CCCN(CCc3cn(CCOCCOCCOCCOCCNC(=O)c4ccc5c(c4)c4ccc(-c6cccs6)cc4n5CC)nn3)C2)C1. The highest BCUT2D eigenvalue weighted by molar-refractivity contribution is 7.13. The number of thiophene rings is 1. The molecule has 410 valence electrons. The fourth-order valence-corrected chi connectivity index (χ4v) is 10.9. The van der Waals surface area contributed by atoms with Crippen molar-refractivity contribution in [2.45, 2.75) is 59.2 Å². The molecule has 7 aromatic rings. The van der Waals surface area contributed by atoms with E-state index in [-0.39, 0.29) is 11.8 Å². The van der Waals surface area contributed by atoms with Crippen LogP contribution in [0.4, 0.5) is 0 Å². The van der Waals surface area contributed by atoms with Gasteiger partial charge in [-0.25, -0.2) is 4.68 Å². The van der Waals surface area contributed by atoms with Crippen LogP contribution in [0.5, 0.6) is 23.0 Å². The number of methoxy groups -OCH3 is 2. The average Bonchev–Trinajstić information content (AvgIpc) is 4.35. The Morgan fingerprint density at radius 3 is 2.31 bits per heavy atom. The van der Waals surface area contributed by atoms with E-state index in [1.54, 1.807) is 25.6 Å². The average molecular weight is 1070 g/mol. The number of rotatable bonds is 28. The van der Waals surface area contributed by atoms with Gasteiger partial charge in [-0.2, -0.15) is 0 Å². The number of benzene rings is 4. The second-order valence-corrected chi connectivity index (χ2v) is 20.2. The lowest BCUT2D eigenvalue weighted by atomic mass is 9.98. The molecule has 9 rings (SSSR count). The monoisotopic (exact) mass is 1070 g/mol. The fourth-order valence-electron chi connectivity index (χ4n) is 10.2. The number of ether oxygens (including phenoxy) is 8. The lowest BCUT2D eigenvalue weighted by molar-refractivity contribution is -0.131. The van der Waals surface area contributed by atoms with Crippen LogP contribution in [0.15, 0.2) is 90.4 Å². The maximum Gasteiger partial charge on any atom is 0.251 e. The number of nitrogens with one attached hydrogen (secondary N) is 1. The number of aromatic nitrogens is 4. The number of likely N-dealkylation sites (tertiary alicyclic amines) is 1. The predicted molar refractivity (Wildman–Crippen MR) is 299 cm³/mol. The standard InChI is InChI=1S/C59H73N7O10S/c1-5-57(67)64-21-25-75-58-47(39-64)33-46(43-13-16-53(69-3)54(36-43)70-4)37-55(58)76-41-42-9-7-19-63(38-42)20-17-48-40-65(62-61-48)22-24-72-27-29-74-31-30-73-28-26-71-23-18-60-59(68)45-12-15-51-50(34-45)49-14-11-44(56-10-8-32-77-56)35-52(49)66(51)6-2/h8,10-16,32-37,40,42H,5-7,9,17-31,38-39,41H2,1-4H3,(H,60,68)/t42-/m0/s1. The smallest absolute Gasteiger partial charge is 0.251 e. The molecule has 3 aromatic heterocycles. The van der Waals surface area contributed by atoms with Crippen molar-refractivity contribution in [1.29, 1.82) is 0 Å². The van der Waals surface area contributed by atoms with Crippen molar-refractivity contribution in [2.75, 3.05) is 113 Å². The molecule has 5 heterocycles. The Bertz CT molecular complexity index is 3030. The Labute approximate surface area is 455 Å². The summed E-state index contributed by atoms with van der Waals surface area (Å²) in [6.45, 7) is 14.3. The van der Waals surface area contributed by atoms with E-state index in [0.717, 1.165) is 84.1 Å². The Morgan fingerprint density at radius 2 is 1.55 bits per heavy atom. The summed E-state index contributed by atoms with van der Waals surface area (Å²) in [6, 6.07) is 26.7. The molecule has 2 amide bonds. The molecule has 0 radical (unpaired) electrons. The maximum atomic E-state index is 13.1. The largest absolute Gasteiger partial charge is 0.493 e. The van der Waals surface area contributed by atoms with Gasteiger partial charge in [0.15, 0.2) is 23.0 Å². The molecule has 1 atom stereocenters. The summed E-state index contributed by atoms with van der Waals surface area (Å²) in [5, 5.41) is 16.1. The van der Waals surface area contributed by atoms with Crippen molar-refractivity contribution < 1.29 is 47.5 Å². The molecule has 1 N–H and O–H groups in total. The number of hydrogen-bond donors (Lipinski definition) is 1. The number of piperidine rings is 1. The minimum absolute atomic E-state index is 0.0970. The van der Waals surface area contributed by atoms with Crippen molar-refractivity contribution in [3.63, 3.8) is 0 Å². The van der Waals surface area contributed by atoms with Gasteiger partial charge in [-0.05, 0) is 103 Å². The van der Waals surface area contributed by atoms with E-state index < -0.39 is 0 Å². The lowest BCUT2D eigenvalue weighted by Gasteiger charge is -2.32. The van der Waals surface area contributed by atoms with Crippen molar-refractivity contribution in [2.24, 2.45) is 5.92 Å². The molecule has 4 aromatic carbocycles. The fraction of sp³-hybridized carbons (Fsp3) is 0.458. The van der Waals surface area contributed by atoms with Crippen LogP contribution in [-0.2, 0) is 49.8 Å². The molecular formula is C59H73N7O10S. The molecule has 0 spiro atoms. The minimum Gasteiger partial charge on any atom is -0.493 e. The third-order valence-electron chi connectivity index (χ3n) is 14.2. The minimum atomic E-state index is -0.120. The first kappa shape index (κ1) is 55.2. The zero-order valence-electron chi connectivity index (χ0n) is 45.0. The van der Waals surface area contributed by atoms with Gasteiger partial charge in [0.05, 0.1) is 92.5 Å². The third-order valence-corrected chi connectivity index (χ3v) is 15.1. The second-order valence-electron chi connectivity index (χ2n) is 19.3. The Morgan fingerprint density at radius 1 is 0.766 bits per heavy atom. The first-order valence-corrected chi connectivity index (χ1v) is 27.9. The Balaban J connectivity index is 0.617. The zero-order valence-corrected chi connectivity index (χ0v) is 45.8. The number of hydrogen-bond acceptors (Lipinski definition) is 14. The Kier molecular flexibility index (Phi) is 19.8. The van der Waals surface area contributed by atoms with E-state index in [1.807, 2.05) is 65.2 Å². The van der Waals surface area contributed by atoms with E-state index in [4.69, 9.17) is 37.9 Å². The van der Waals surface area contributed by atoms with Gasteiger partial charge in [-0.15, -0.1) is 16.4 Å². The summed E-state index contributed by atoms with van der Waals surface area (Å²) in [7, 11) is 3.26. The lowest BCUT2D eigenvalue weighted by Crippen LogP contribution is -2.38. The van der Waals surface area contributed by atoms with Gasteiger partial charge >= 0.3 is 0 Å². The van der Waals surface area contributed by atoms with E-state index >= 15 is 0 Å². The number of nitrogens with zero attached hydrogens (tertiary/aromatic N) is 6. The summed E-state index contributed by atoms with van der Waals surface area (Å²) in [4.78, 5) is 31.5. The van der Waals surface area contributed by atoms with E-state index in [9.17, 15) is 9.59 Å². The summed E-state index contributed by atoms with van der Waals surface area (Å²) in [6.07, 6.45) is 5.41. The highest BCUT2D eigenvalue weighted by atomic mass is 32.1. The molecular weight excluding hydrogens is 999 g/mol. The summed E-state index contributed by atoms with van der Waals surface area (Å²) < 4.78 is 51.1. The third kappa shape index (κ3) is 14.3. The van der Waals surface area contributed by atoms with Gasteiger partial charge < -0.3 is 57.6 Å². The van der Waals surface area contributed by atoms with Crippen LogP contribution in [0.2, 0.25) is 0 Å². The van der Waals surface area contributed by atoms with Crippen LogP contribution < -0.4 is 24.3 Å². The van der Waals surface area contributed by atoms with E-state index in [2.05, 4.69) is 73.8 Å². The second kappa shape index (κ2) is 27.7. The van der Waals surface area contributed by atoms with Crippen molar-refractivity contribution >= 4 is 45.0 Å². The Hall–Kier alpha value is -6.54. The summed E-state index contributed by atoms with van der Waals surface area (Å²) >= 11 is 1.74. The topological polar surface area (TPSA) is 162 Å². The molecule has 1 fully saturated rings. The first-order valence-electron chi connectivity index (χ1n) is 27.1. The predicted octanol–water partition coefficient (Wildman–Crippen LogP) is 8.78. The van der Waals surface area contributed by atoms with Gasteiger partial charge in [0.1, 0.15) is 6.61 Å². The van der Waals surface area contributed by atoms with Crippen LogP contribution in [0.3, 0.4) is 0 Å². The number of amides is 2. The van der Waals surface area contributed by atoms with E-state index in [1.165, 1.54) is 16.0 Å². The molecule has 1 saturated heterocycles. The number of carbonyl (C=O) groups is 2. The van der Waals surface area contributed by atoms with E-state index in [0.29, 0.717) is 133 Å². The van der Waals surface area contributed by atoms with Gasteiger partial charge in [0.25, 0.3) is 5.91 Å². The number of carbonyl (C=O) groups excluding carboxylic acids is 2. The highest BCUT2D eigenvalue weighted by Crippen LogP contribution is 2.41. The summed E-state index contributed by atoms with van der Waals surface area (Å²) in [5.74, 6) is 3.02. The molecule has 77 heavy (non-hydrogen) atoms. The van der Waals surface area contributed by atoms with Crippen LogP contribution in [-0.4, -0.2) is 154 Å². The normalized spacial score (nSPS) is 14.9. The molecule has 0 aliphatic carbocycles. The van der Waals surface area contributed by atoms with Gasteiger partial charge in [0, 0.05) is 95.5 Å². The first-order chi connectivity index (χ1) is 37.8. The van der Waals surface area contributed by atoms with Crippen LogP contribution >= 0.6 is 11.3 Å². The molecule has 2 aliphatic rings. The number of fused-ring (bicyclic) bond motifs is 4. The van der Waals surface area contributed by atoms with Crippen molar-refractivity contribution in [3.05, 3.63) is 107 Å². The van der Waals surface area contributed by atoms with Crippen LogP contribution in [0.25, 0.3) is 43.4 Å². The van der Waals surface area contributed by atoms with Crippen molar-refractivity contribution in [3.8, 4) is 44.6 Å². The zero-order chi connectivity index (χ0) is 53.3. The van der Waals surface area contributed by atoms with Crippen LogP contribution in [0.1, 0.15) is 54.7 Å². The molecule has 0 bridgehead atoms. The summed E-state index contributed by atoms with van der Waals surface area (Å²) in [5.41, 5.74) is 7.91. The molecule has 0 saturated carbocycles. The maximum absolute atomic E-state index is 13.1.